The third kappa shape index (κ3) is 2.78. The predicted octanol–water partition coefficient (Wildman–Crippen LogP) is 4.00. The number of anilines is 2. The molecule has 0 spiro atoms. The molecule has 2 rings (SSSR count). The number of aryl methyl sites for hydroxylation is 2. The molecule has 88 valence electrons. The summed E-state index contributed by atoms with van der Waals surface area (Å²) in [4.78, 5) is 0. The van der Waals surface area contributed by atoms with E-state index in [2.05, 4.69) is 42.9 Å². The van der Waals surface area contributed by atoms with Crippen LogP contribution >= 0.6 is 0 Å². The van der Waals surface area contributed by atoms with Crippen LogP contribution in [-0.2, 0) is 6.42 Å². The molecule has 0 heterocycles. The van der Waals surface area contributed by atoms with Gasteiger partial charge in [0.15, 0.2) is 0 Å². The first-order valence-corrected chi connectivity index (χ1v) is 5.97. The Kier molecular flexibility index (Phi) is 3.66. The molecule has 17 heavy (non-hydrogen) atoms. The molecule has 2 aromatic carbocycles. The second-order valence-electron chi connectivity index (χ2n) is 4.08. The summed E-state index contributed by atoms with van der Waals surface area (Å²) in [6.07, 6.45) is 1.03. The lowest BCUT2D eigenvalue weighted by Gasteiger charge is -2.15. The van der Waals surface area contributed by atoms with E-state index >= 15 is 0 Å². The highest BCUT2D eigenvalue weighted by molar-refractivity contribution is 5.60. The minimum Gasteiger partial charge on any atom is -0.301 e. The van der Waals surface area contributed by atoms with Gasteiger partial charge in [0, 0.05) is 0 Å². The maximum Gasteiger partial charge on any atom is 0.0600 e. The molecule has 2 heteroatoms. The Morgan fingerprint density at radius 3 is 2.35 bits per heavy atom. The maximum atomic E-state index is 3.30. The molecule has 0 fully saturated rings. The summed E-state index contributed by atoms with van der Waals surface area (Å²) in [6.45, 7) is 4.29. The molecule has 2 nitrogen and oxygen atoms in total. The maximum absolute atomic E-state index is 3.30. The van der Waals surface area contributed by atoms with Crippen molar-refractivity contribution in [2.24, 2.45) is 0 Å². The zero-order valence-corrected chi connectivity index (χ0v) is 10.3. The molecular formula is C15H18N2. The monoisotopic (exact) mass is 226 g/mol. The van der Waals surface area contributed by atoms with E-state index in [0.717, 1.165) is 12.1 Å². The highest BCUT2D eigenvalue weighted by Gasteiger charge is 2.02. The van der Waals surface area contributed by atoms with Crippen molar-refractivity contribution < 1.29 is 0 Å². The van der Waals surface area contributed by atoms with Gasteiger partial charge in [0.1, 0.15) is 0 Å². The van der Waals surface area contributed by atoms with Gasteiger partial charge in [-0.3, -0.25) is 0 Å². The van der Waals surface area contributed by atoms with Gasteiger partial charge < -0.3 is 10.9 Å². The number of hydrazine groups is 1. The fourth-order valence-electron chi connectivity index (χ4n) is 1.86. The largest absolute Gasteiger partial charge is 0.301 e. The van der Waals surface area contributed by atoms with Gasteiger partial charge in [-0.2, -0.15) is 0 Å². The van der Waals surface area contributed by atoms with Gasteiger partial charge in [-0.15, -0.1) is 0 Å². The summed E-state index contributed by atoms with van der Waals surface area (Å²) in [5, 5.41) is 0. The average molecular weight is 226 g/mol. The molecular weight excluding hydrogens is 208 g/mol. The van der Waals surface area contributed by atoms with Gasteiger partial charge in [-0.05, 0) is 36.6 Å². The first-order chi connectivity index (χ1) is 8.31. The van der Waals surface area contributed by atoms with E-state index in [9.17, 15) is 0 Å². The number of hydrogen-bond acceptors (Lipinski definition) is 2. The quantitative estimate of drug-likeness (QED) is 0.770. The van der Waals surface area contributed by atoms with Crippen molar-refractivity contribution in [3.63, 3.8) is 0 Å². The van der Waals surface area contributed by atoms with Gasteiger partial charge in [0.05, 0.1) is 11.4 Å². The fraction of sp³-hybridized carbons (Fsp3) is 0.200. The van der Waals surface area contributed by atoms with Gasteiger partial charge in [0.2, 0.25) is 0 Å². The predicted molar refractivity (Wildman–Crippen MR) is 74.2 cm³/mol. The van der Waals surface area contributed by atoms with Crippen LogP contribution in [0.3, 0.4) is 0 Å². The molecule has 0 aliphatic carbocycles. The Labute approximate surface area is 103 Å². The Balaban J connectivity index is 2.14. The van der Waals surface area contributed by atoms with Crippen LogP contribution in [0.1, 0.15) is 18.1 Å². The van der Waals surface area contributed by atoms with Crippen LogP contribution in [0.2, 0.25) is 0 Å². The van der Waals surface area contributed by atoms with E-state index in [4.69, 9.17) is 0 Å². The molecule has 0 unspecified atom stereocenters. The molecule has 0 radical (unpaired) electrons. The van der Waals surface area contributed by atoms with Crippen molar-refractivity contribution in [3.8, 4) is 0 Å². The molecule has 0 aliphatic heterocycles. The normalized spacial score (nSPS) is 10.0. The molecule has 0 aromatic heterocycles. The minimum absolute atomic E-state index is 1.03. The smallest absolute Gasteiger partial charge is 0.0600 e. The molecule has 2 N–H and O–H groups in total. The number of nitrogens with one attached hydrogen (secondary N) is 2. The second kappa shape index (κ2) is 5.39. The van der Waals surface area contributed by atoms with Crippen LogP contribution in [0.4, 0.5) is 11.4 Å². The lowest BCUT2D eigenvalue weighted by Crippen LogP contribution is -2.11. The van der Waals surface area contributed by atoms with E-state index in [-0.39, 0.29) is 0 Å². The lowest BCUT2D eigenvalue weighted by atomic mass is 10.1. The second-order valence-corrected chi connectivity index (χ2v) is 4.08. The summed E-state index contributed by atoms with van der Waals surface area (Å²) < 4.78 is 0. The first-order valence-electron chi connectivity index (χ1n) is 5.97. The fourth-order valence-corrected chi connectivity index (χ4v) is 1.86. The van der Waals surface area contributed by atoms with Gasteiger partial charge >= 0.3 is 0 Å². The van der Waals surface area contributed by atoms with Crippen LogP contribution in [0.15, 0.2) is 48.5 Å². The average Bonchev–Trinajstić information content (AvgIpc) is 2.38. The van der Waals surface area contributed by atoms with Crippen LogP contribution in [-0.4, -0.2) is 0 Å². The summed E-state index contributed by atoms with van der Waals surface area (Å²) in [6, 6.07) is 16.5. The van der Waals surface area contributed by atoms with Crippen molar-refractivity contribution in [2.75, 3.05) is 10.9 Å². The van der Waals surface area contributed by atoms with Gasteiger partial charge in [0.25, 0.3) is 0 Å². The standard InChI is InChI=1S/C15H18N2/c1-3-13-9-7-8-12(2)15(13)17-16-14-10-5-4-6-11-14/h4-11,16-17H,3H2,1-2H3. The third-order valence-corrected chi connectivity index (χ3v) is 2.85. The van der Waals surface area contributed by atoms with E-state index in [1.807, 2.05) is 30.3 Å². The van der Waals surface area contributed by atoms with Crippen molar-refractivity contribution in [3.05, 3.63) is 59.7 Å². The molecule has 0 amide bonds. The minimum atomic E-state index is 1.03. The SMILES string of the molecule is CCc1cccc(C)c1NNc1ccccc1. The van der Waals surface area contributed by atoms with Gasteiger partial charge in [-0.1, -0.05) is 43.3 Å². The Hall–Kier alpha value is -1.96. The zero-order chi connectivity index (χ0) is 12.1. The number of para-hydroxylation sites is 2. The Bertz CT molecular complexity index is 478. The van der Waals surface area contributed by atoms with Crippen molar-refractivity contribution in [1.29, 1.82) is 0 Å². The van der Waals surface area contributed by atoms with E-state index < -0.39 is 0 Å². The van der Waals surface area contributed by atoms with E-state index in [0.29, 0.717) is 0 Å². The number of hydrogen-bond donors (Lipinski definition) is 2. The van der Waals surface area contributed by atoms with Gasteiger partial charge in [-0.25, -0.2) is 0 Å². The van der Waals surface area contributed by atoms with Crippen LogP contribution in [0.25, 0.3) is 0 Å². The Morgan fingerprint density at radius 2 is 1.65 bits per heavy atom. The van der Waals surface area contributed by atoms with Crippen molar-refractivity contribution >= 4 is 11.4 Å². The van der Waals surface area contributed by atoms with E-state index in [1.54, 1.807) is 0 Å². The topological polar surface area (TPSA) is 24.1 Å². The molecule has 0 bridgehead atoms. The van der Waals surface area contributed by atoms with Crippen molar-refractivity contribution in [1.82, 2.24) is 0 Å². The molecule has 0 saturated heterocycles. The van der Waals surface area contributed by atoms with Crippen molar-refractivity contribution in [2.45, 2.75) is 20.3 Å². The molecule has 0 atom stereocenters. The highest BCUT2D eigenvalue weighted by atomic mass is 15.4. The van der Waals surface area contributed by atoms with Crippen LogP contribution in [0.5, 0.6) is 0 Å². The van der Waals surface area contributed by atoms with Crippen LogP contribution in [0, 0.1) is 6.92 Å². The number of benzene rings is 2. The molecule has 2 aromatic rings. The molecule has 0 saturated carbocycles. The Morgan fingerprint density at radius 1 is 0.882 bits per heavy atom. The number of rotatable bonds is 4. The summed E-state index contributed by atoms with van der Waals surface area (Å²) >= 11 is 0. The van der Waals surface area contributed by atoms with E-state index in [1.165, 1.54) is 16.8 Å². The highest BCUT2D eigenvalue weighted by Crippen LogP contribution is 2.21. The summed E-state index contributed by atoms with van der Waals surface area (Å²) in [7, 11) is 0. The zero-order valence-electron chi connectivity index (χ0n) is 10.3. The van der Waals surface area contributed by atoms with Crippen LogP contribution < -0.4 is 10.9 Å². The first kappa shape index (κ1) is 11.5. The molecule has 0 aliphatic rings. The summed E-state index contributed by atoms with van der Waals surface area (Å²) in [5.74, 6) is 0. The lowest BCUT2D eigenvalue weighted by molar-refractivity contribution is 1.13. The third-order valence-electron chi connectivity index (χ3n) is 2.85. The summed E-state index contributed by atoms with van der Waals surface area (Å²) in [5.41, 5.74) is 11.4.